The van der Waals surface area contributed by atoms with Gasteiger partial charge in [0.1, 0.15) is 5.75 Å². The van der Waals surface area contributed by atoms with E-state index in [2.05, 4.69) is 27.5 Å². The number of nitrogens with zero attached hydrogens (tertiary/aromatic N) is 3. The Kier molecular flexibility index (Phi) is 2.75. The lowest BCUT2D eigenvalue weighted by Gasteiger charge is -2.09. The topological polar surface area (TPSA) is 77.5 Å². The van der Waals surface area contributed by atoms with E-state index in [0.29, 0.717) is 17.3 Å². The number of ether oxygens (including phenoxy) is 1. The second-order valence-electron chi connectivity index (χ2n) is 5.12. The highest BCUT2D eigenvalue weighted by Crippen LogP contribution is 2.30. The van der Waals surface area contributed by atoms with Crippen LogP contribution in [-0.2, 0) is 12.8 Å². The molecule has 0 amide bonds. The molecule has 3 N–H and O–H groups in total. The monoisotopic (exact) mass is 281 g/mol. The maximum atomic E-state index is 5.93. The first-order chi connectivity index (χ1) is 10.3. The molecule has 0 fully saturated rings. The lowest BCUT2D eigenvalue weighted by atomic mass is 10.1. The van der Waals surface area contributed by atoms with Crippen molar-refractivity contribution in [3.63, 3.8) is 0 Å². The molecule has 106 valence electrons. The minimum Gasteiger partial charge on any atom is -0.436 e. The average Bonchev–Trinajstić information content (AvgIpc) is 3.14. The van der Waals surface area contributed by atoms with Crippen LogP contribution in [0, 0.1) is 0 Å². The fourth-order valence-corrected chi connectivity index (χ4v) is 2.76. The number of fused-ring (bicyclic) bond motifs is 2. The minimum atomic E-state index is 0.438. The van der Waals surface area contributed by atoms with Gasteiger partial charge in [-0.2, -0.15) is 4.98 Å². The normalized spacial score (nSPS) is 13.4. The summed E-state index contributed by atoms with van der Waals surface area (Å²) in [5.74, 6) is 7.19. The number of nitrogen functional groups attached to an aromatic ring is 1. The average molecular weight is 281 g/mol. The fourth-order valence-electron chi connectivity index (χ4n) is 2.76. The molecular formula is C15H15N5O. The number of aryl methyl sites for hydroxylation is 2. The summed E-state index contributed by atoms with van der Waals surface area (Å²) >= 11 is 0. The van der Waals surface area contributed by atoms with Gasteiger partial charge in [-0.05, 0) is 42.5 Å². The van der Waals surface area contributed by atoms with Crippen LogP contribution in [0.2, 0.25) is 0 Å². The van der Waals surface area contributed by atoms with E-state index in [0.717, 1.165) is 18.6 Å². The van der Waals surface area contributed by atoms with E-state index >= 15 is 0 Å². The zero-order valence-corrected chi connectivity index (χ0v) is 11.4. The summed E-state index contributed by atoms with van der Waals surface area (Å²) in [7, 11) is 0. The molecule has 2 aromatic heterocycles. The van der Waals surface area contributed by atoms with Gasteiger partial charge in [0.15, 0.2) is 5.82 Å². The molecule has 1 aromatic carbocycles. The van der Waals surface area contributed by atoms with Crippen LogP contribution in [0.5, 0.6) is 11.6 Å². The van der Waals surface area contributed by atoms with Gasteiger partial charge < -0.3 is 10.2 Å². The summed E-state index contributed by atoms with van der Waals surface area (Å²) in [5.41, 5.74) is 5.98. The van der Waals surface area contributed by atoms with Crippen molar-refractivity contribution in [3.05, 3.63) is 47.9 Å². The van der Waals surface area contributed by atoms with Crippen molar-refractivity contribution in [2.45, 2.75) is 19.3 Å². The molecule has 6 heteroatoms. The van der Waals surface area contributed by atoms with E-state index < -0.39 is 0 Å². The maximum Gasteiger partial charge on any atom is 0.265 e. The van der Waals surface area contributed by atoms with Crippen molar-refractivity contribution in [2.75, 3.05) is 5.43 Å². The van der Waals surface area contributed by atoms with Gasteiger partial charge in [0.25, 0.3) is 5.88 Å². The van der Waals surface area contributed by atoms with Crippen molar-refractivity contribution in [3.8, 4) is 11.6 Å². The molecule has 1 aliphatic carbocycles. The molecule has 2 heterocycles. The molecular weight excluding hydrogens is 266 g/mol. The Balaban J connectivity index is 1.75. The van der Waals surface area contributed by atoms with Gasteiger partial charge >= 0.3 is 0 Å². The smallest absolute Gasteiger partial charge is 0.265 e. The Labute approximate surface area is 121 Å². The summed E-state index contributed by atoms with van der Waals surface area (Å²) < 4.78 is 7.75. The predicted molar refractivity (Wildman–Crippen MR) is 79.3 cm³/mol. The molecule has 0 aliphatic heterocycles. The van der Waals surface area contributed by atoms with Crippen LogP contribution in [-0.4, -0.2) is 14.4 Å². The largest absolute Gasteiger partial charge is 0.436 e. The highest BCUT2D eigenvalue weighted by atomic mass is 16.5. The van der Waals surface area contributed by atoms with Gasteiger partial charge in [-0.15, -0.1) is 0 Å². The SMILES string of the molecule is NNc1cn2ccnc2c(Oc2ccc3c(c2)CCC3)n1. The molecule has 0 atom stereocenters. The Morgan fingerprint density at radius 3 is 3.05 bits per heavy atom. The molecule has 0 saturated heterocycles. The Bertz CT molecular complexity index is 811. The molecule has 0 spiro atoms. The predicted octanol–water partition coefficient (Wildman–Crippen LogP) is 2.30. The Morgan fingerprint density at radius 1 is 1.24 bits per heavy atom. The number of hydrogen-bond acceptors (Lipinski definition) is 5. The van der Waals surface area contributed by atoms with Gasteiger partial charge in [-0.3, -0.25) is 4.40 Å². The maximum absolute atomic E-state index is 5.93. The quantitative estimate of drug-likeness (QED) is 0.569. The molecule has 0 bridgehead atoms. The van der Waals surface area contributed by atoms with Crippen LogP contribution in [0.1, 0.15) is 17.5 Å². The van der Waals surface area contributed by atoms with Crippen LogP contribution >= 0.6 is 0 Å². The van der Waals surface area contributed by atoms with E-state index in [1.807, 2.05) is 16.7 Å². The molecule has 6 nitrogen and oxygen atoms in total. The highest BCUT2D eigenvalue weighted by molar-refractivity contribution is 5.55. The van der Waals surface area contributed by atoms with Crippen molar-refractivity contribution in [2.24, 2.45) is 5.84 Å². The van der Waals surface area contributed by atoms with E-state index in [1.54, 1.807) is 12.4 Å². The van der Waals surface area contributed by atoms with Crippen LogP contribution in [0.25, 0.3) is 5.65 Å². The number of hydrogen-bond donors (Lipinski definition) is 2. The van der Waals surface area contributed by atoms with Gasteiger partial charge in [0, 0.05) is 12.4 Å². The molecule has 0 unspecified atom stereocenters. The lowest BCUT2D eigenvalue weighted by molar-refractivity contribution is 0.465. The second kappa shape index (κ2) is 4.75. The number of rotatable bonds is 3. The standard InChI is InChI=1S/C15H15N5O/c16-19-13-9-20-7-6-17-14(20)15(18-13)21-12-5-4-10-2-1-3-11(10)8-12/h4-9,19H,1-3,16H2. The van der Waals surface area contributed by atoms with E-state index in [-0.39, 0.29) is 0 Å². The van der Waals surface area contributed by atoms with Crippen LogP contribution < -0.4 is 16.0 Å². The molecule has 21 heavy (non-hydrogen) atoms. The molecule has 0 radical (unpaired) electrons. The third kappa shape index (κ3) is 2.09. The van der Waals surface area contributed by atoms with Crippen LogP contribution in [0.4, 0.5) is 5.82 Å². The number of benzene rings is 1. The molecule has 4 rings (SSSR count). The lowest BCUT2D eigenvalue weighted by Crippen LogP contribution is -2.10. The first kappa shape index (κ1) is 12.2. The van der Waals surface area contributed by atoms with E-state index in [9.17, 15) is 0 Å². The van der Waals surface area contributed by atoms with Crippen molar-refractivity contribution >= 4 is 11.5 Å². The van der Waals surface area contributed by atoms with Gasteiger partial charge in [-0.1, -0.05) is 6.07 Å². The molecule has 1 aliphatic rings. The first-order valence-corrected chi connectivity index (χ1v) is 6.93. The first-order valence-electron chi connectivity index (χ1n) is 6.93. The number of aromatic nitrogens is 3. The van der Waals surface area contributed by atoms with E-state index in [1.165, 1.54) is 17.5 Å². The van der Waals surface area contributed by atoms with Crippen LogP contribution in [0.15, 0.2) is 36.8 Å². The number of anilines is 1. The van der Waals surface area contributed by atoms with Gasteiger partial charge in [0.05, 0.1) is 6.20 Å². The Morgan fingerprint density at radius 2 is 2.14 bits per heavy atom. The van der Waals surface area contributed by atoms with Crippen molar-refractivity contribution in [1.82, 2.24) is 14.4 Å². The second-order valence-corrected chi connectivity index (χ2v) is 5.12. The fraction of sp³-hybridized carbons (Fsp3) is 0.200. The summed E-state index contributed by atoms with van der Waals surface area (Å²) in [6, 6.07) is 6.20. The summed E-state index contributed by atoms with van der Waals surface area (Å²) in [6.45, 7) is 0. The molecule has 3 aromatic rings. The number of nitrogens with two attached hydrogens (primary N) is 1. The van der Waals surface area contributed by atoms with Crippen LogP contribution in [0.3, 0.4) is 0 Å². The number of hydrazine groups is 1. The summed E-state index contributed by atoms with van der Waals surface area (Å²) in [5, 5.41) is 0. The zero-order valence-electron chi connectivity index (χ0n) is 11.4. The van der Waals surface area contributed by atoms with Gasteiger partial charge in [-0.25, -0.2) is 10.8 Å². The summed E-state index contributed by atoms with van der Waals surface area (Å²) in [6.07, 6.45) is 8.78. The Hall–Kier alpha value is -2.60. The third-order valence-corrected chi connectivity index (χ3v) is 3.78. The molecule has 0 saturated carbocycles. The minimum absolute atomic E-state index is 0.438. The highest BCUT2D eigenvalue weighted by Gasteiger charge is 2.14. The van der Waals surface area contributed by atoms with Gasteiger partial charge in [0.2, 0.25) is 5.65 Å². The van der Waals surface area contributed by atoms with E-state index in [4.69, 9.17) is 10.6 Å². The van der Waals surface area contributed by atoms with Crippen molar-refractivity contribution < 1.29 is 4.74 Å². The summed E-state index contributed by atoms with van der Waals surface area (Å²) in [4.78, 5) is 8.61. The zero-order chi connectivity index (χ0) is 14.2. The number of nitrogens with one attached hydrogen (secondary N) is 1. The van der Waals surface area contributed by atoms with Crippen molar-refractivity contribution in [1.29, 1.82) is 0 Å². The third-order valence-electron chi connectivity index (χ3n) is 3.78. The number of imidazole rings is 1.